The molecule has 0 fully saturated rings. The standard InChI is InChI=1S/C19H19ClN4OS/c1-12-3-5-14(6-4-12)11-21-18(25)13(2)26-19-22-17(23-24-19)15-7-9-16(20)10-8-15/h3-10,13H,11H2,1-2H3,(H,21,25)(H,22,23,24). The summed E-state index contributed by atoms with van der Waals surface area (Å²) in [5, 5.41) is 10.9. The zero-order chi connectivity index (χ0) is 18.5. The number of rotatable bonds is 6. The molecule has 5 nitrogen and oxygen atoms in total. The largest absolute Gasteiger partial charge is 0.351 e. The minimum Gasteiger partial charge on any atom is -0.351 e. The highest BCUT2D eigenvalue weighted by Gasteiger charge is 2.17. The monoisotopic (exact) mass is 386 g/mol. The van der Waals surface area contributed by atoms with Gasteiger partial charge in [0.1, 0.15) is 0 Å². The molecule has 26 heavy (non-hydrogen) atoms. The maximum Gasteiger partial charge on any atom is 0.233 e. The molecule has 0 aliphatic heterocycles. The Kier molecular flexibility index (Phi) is 5.96. The Bertz CT molecular complexity index is 877. The van der Waals surface area contributed by atoms with E-state index in [1.807, 2.05) is 50.2 Å². The van der Waals surface area contributed by atoms with Crippen molar-refractivity contribution in [2.45, 2.75) is 30.8 Å². The van der Waals surface area contributed by atoms with Crippen molar-refractivity contribution in [1.29, 1.82) is 0 Å². The van der Waals surface area contributed by atoms with Crippen LogP contribution in [-0.2, 0) is 11.3 Å². The molecule has 2 N–H and O–H groups in total. The number of hydrogen-bond donors (Lipinski definition) is 2. The van der Waals surface area contributed by atoms with Gasteiger partial charge in [-0.15, -0.1) is 5.10 Å². The van der Waals surface area contributed by atoms with Crippen LogP contribution >= 0.6 is 23.4 Å². The van der Waals surface area contributed by atoms with E-state index >= 15 is 0 Å². The van der Waals surface area contributed by atoms with Crippen LogP contribution in [-0.4, -0.2) is 26.3 Å². The lowest BCUT2D eigenvalue weighted by molar-refractivity contribution is -0.120. The van der Waals surface area contributed by atoms with Crippen molar-refractivity contribution in [2.75, 3.05) is 0 Å². The van der Waals surface area contributed by atoms with Crippen molar-refractivity contribution in [3.8, 4) is 11.4 Å². The van der Waals surface area contributed by atoms with Gasteiger partial charge in [-0.25, -0.2) is 4.98 Å². The molecule has 0 aliphatic rings. The lowest BCUT2D eigenvalue weighted by Crippen LogP contribution is -2.30. The predicted octanol–water partition coefficient (Wildman–Crippen LogP) is 4.23. The number of thioether (sulfide) groups is 1. The number of nitrogens with one attached hydrogen (secondary N) is 2. The normalized spacial score (nSPS) is 12.0. The molecule has 7 heteroatoms. The summed E-state index contributed by atoms with van der Waals surface area (Å²) >= 11 is 7.21. The first kappa shape index (κ1) is 18.5. The highest BCUT2D eigenvalue weighted by Crippen LogP contribution is 2.23. The van der Waals surface area contributed by atoms with Crippen LogP contribution in [0.25, 0.3) is 11.4 Å². The van der Waals surface area contributed by atoms with Gasteiger partial charge < -0.3 is 5.32 Å². The van der Waals surface area contributed by atoms with E-state index in [2.05, 4.69) is 20.5 Å². The third-order valence-corrected chi connectivity index (χ3v) is 5.03. The van der Waals surface area contributed by atoms with Crippen LogP contribution < -0.4 is 5.32 Å². The molecule has 3 aromatic rings. The topological polar surface area (TPSA) is 70.7 Å². The first-order chi connectivity index (χ1) is 12.5. The molecule has 1 atom stereocenters. The van der Waals surface area contributed by atoms with Gasteiger partial charge in [-0.3, -0.25) is 9.89 Å². The quantitative estimate of drug-likeness (QED) is 0.622. The van der Waals surface area contributed by atoms with Gasteiger partial charge in [0, 0.05) is 17.1 Å². The van der Waals surface area contributed by atoms with E-state index in [9.17, 15) is 4.79 Å². The van der Waals surface area contributed by atoms with Crippen LogP contribution in [0.4, 0.5) is 0 Å². The summed E-state index contributed by atoms with van der Waals surface area (Å²) in [5.74, 6) is 0.602. The first-order valence-corrected chi connectivity index (χ1v) is 9.45. The van der Waals surface area contributed by atoms with Crippen molar-refractivity contribution < 1.29 is 4.79 Å². The number of carbonyl (C=O) groups excluding carboxylic acids is 1. The highest BCUT2D eigenvalue weighted by molar-refractivity contribution is 8.00. The van der Waals surface area contributed by atoms with Gasteiger partial charge in [-0.2, -0.15) is 0 Å². The van der Waals surface area contributed by atoms with E-state index in [0.29, 0.717) is 22.5 Å². The fourth-order valence-corrected chi connectivity index (χ4v) is 3.16. The third-order valence-electron chi connectivity index (χ3n) is 3.82. The minimum atomic E-state index is -0.297. The Morgan fingerprint density at radius 3 is 2.58 bits per heavy atom. The lowest BCUT2D eigenvalue weighted by Gasteiger charge is -2.10. The number of nitrogens with zero attached hydrogens (tertiary/aromatic N) is 2. The molecule has 2 aromatic carbocycles. The number of aryl methyl sites for hydroxylation is 1. The highest BCUT2D eigenvalue weighted by atomic mass is 35.5. The molecule has 1 amide bonds. The Morgan fingerprint density at radius 2 is 1.88 bits per heavy atom. The molecule has 0 spiro atoms. The van der Waals surface area contributed by atoms with Crippen LogP contribution in [0.15, 0.2) is 53.7 Å². The van der Waals surface area contributed by atoms with Crippen LogP contribution in [0, 0.1) is 6.92 Å². The van der Waals surface area contributed by atoms with E-state index in [0.717, 1.165) is 11.1 Å². The van der Waals surface area contributed by atoms with Gasteiger partial charge >= 0.3 is 0 Å². The van der Waals surface area contributed by atoms with Gasteiger partial charge in [0.2, 0.25) is 11.1 Å². The number of halogens is 1. The number of H-pyrrole nitrogens is 1. The maximum absolute atomic E-state index is 12.3. The van der Waals surface area contributed by atoms with Gasteiger partial charge in [-0.05, 0) is 43.7 Å². The number of benzene rings is 2. The fourth-order valence-electron chi connectivity index (χ4n) is 2.29. The smallest absolute Gasteiger partial charge is 0.233 e. The number of aromatic nitrogens is 3. The molecular weight excluding hydrogens is 368 g/mol. The Labute approximate surface area is 161 Å². The lowest BCUT2D eigenvalue weighted by atomic mass is 10.1. The fraction of sp³-hybridized carbons (Fsp3) is 0.211. The summed E-state index contributed by atoms with van der Waals surface area (Å²) in [6.07, 6.45) is 0. The SMILES string of the molecule is Cc1ccc(CNC(=O)C(C)Sc2n[nH]c(-c3ccc(Cl)cc3)n2)cc1. The predicted molar refractivity (Wildman–Crippen MR) is 105 cm³/mol. The Hall–Kier alpha value is -2.31. The second-order valence-electron chi connectivity index (χ2n) is 5.94. The minimum absolute atomic E-state index is 0.0478. The average molecular weight is 387 g/mol. The molecule has 0 saturated carbocycles. The number of hydrogen-bond acceptors (Lipinski definition) is 4. The molecule has 1 aromatic heterocycles. The molecule has 0 radical (unpaired) electrons. The molecule has 3 rings (SSSR count). The van der Waals surface area contributed by atoms with E-state index in [1.54, 1.807) is 12.1 Å². The number of amides is 1. The van der Waals surface area contributed by atoms with E-state index in [1.165, 1.54) is 17.3 Å². The van der Waals surface area contributed by atoms with E-state index in [4.69, 9.17) is 11.6 Å². The van der Waals surface area contributed by atoms with Crippen molar-refractivity contribution in [3.05, 3.63) is 64.7 Å². The summed E-state index contributed by atoms with van der Waals surface area (Å²) in [6.45, 7) is 4.39. The molecule has 134 valence electrons. The van der Waals surface area contributed by atoms with Gasteiger partial charge in [-0.1, -0.05) is 53.2 Å². The zero-order valence-corrected chi connectivity index (χ0v) is 16.1. The molecule has 0 bridgehead atoms. The van der Waals surface area contributed by atoms with Crippen LogP contribution in [0.1, 0.15) is 18.1 Å². The second-order valence-corrected chi connectivity index (χ2v) is 7.68. The van der Waals surface area contributed by atoms with E-state index < -0.39 is 0 Å². The molecule has 0 saturated heterocycles. The van der Waals surface area contributed by atoms with Crippen LogP contribution in [0.2, 0.25) is 5.02 Å². The van der Waals surface area contributed by atoms with Crippen molar-refractivity contribution in [1.82, 2.24) is 20.5 Å². The third kappa shape index (κ3) is 4.86. The van der Waals surface area contributed by atoms with E-state index in [-0.39, 0.29) is 11.2 Å². The van der Waals surface area contributed by atoms with Gasteiger partial charge in [0.15, 0.2) is 5.82 Å². The molecule has 1 heterocycles. The molecule has 1 unspecified atom stereocenters. The average Bonchev–Trinajstić information content (AvgIpc) is 3.10. The summed E-state index contributed by atoms with van der Waals surface area (Å²) < 4.78 is 0. The van der Waals surface area contributed by atoms with Gasteiger partial charge in [0.25, 0.3) is 0 Å². The summed E-state index contributed by atoms with van der Waals surface area (Å²) in [6, 6.07) is 15.4. The zero-order valence-electron chi connectivity index (χ0n) is 14.5. The van der Waals surface area contributed by atoms with Crippen molar-refractivity contribution in [3.63, 3.8) is 0 Å². The van der Waals surface area contributed by atoms with Crippen molar-refractivity contribution >= 4 is 29.3 Å². The molecule has 0 aliphatic carbocycles. The molecular formula is C19H19ClN4OS. The van der Waals surface area contributed by atoms with Crippen LogP contribution in [0.5, 0.6) is 0 Å². The van der Waals surface area contributed by atoms with Crippen LogP contribution in [0.3, 0.4) is 0 Å². The second kappa shape index (κ2) is 8.38. The summed E-state index contributed by atoms with van der Waals surface area (Å²) in [4.78, 5) is 16.7. The Balaban J connectivity index is 1.55. The van der Waals surface area contributed by atoms with Gasteiger partial charge in [0.05, 0.1) is 5.25 Å². The summed E-state index contributed by atoms with van der Waals surface area (Å²) in [7, 11) is 0. The number of aromatic amines is 1. The maximum atomic E-state index is 12.3. The first-order valence-electron chi connectivity index (χ1n) is 8.19. The van der Waals surface area contributed by atoms with Crippen molar-refractivity contribution in [2.24, 2.45) is 0 Å². The summed E-state index contributed by atoms with van der Waals surface area (Å²) in [5.41, 5.74) is 3.17. The number of carbonyl (C=O) groups is 1. The Morgan fingerprint density at radius 1 is 1.19 bits per heavy atom.